The van der Waals surface area contributed by atoms with Crippen LogP contribution in [-0.4, -0.2) is 22.8 Å². The Morgan fingerprint density at radius 3 is 2.56 bits per heavy atom. The van der Waals surface area contributed by atoms with Crippen LogP contribution in [0.4, 0.5) is 5.69 Å². The van der Waals surface area contributed by atoms with E-state index in [0.29, 0.717) is 22.9 Å². The second-order valence-corrected chi connectivity index (χ2v) is 4.22. The Morgan fingerprint density at radius 1 is 1.28 bits per heavy atom. The van der Waals surface area contributed by atoms with Crippen LogP contribution < -0.4 is 10.8 Å². The zero-order chi connectivity index (χ0) is 13.5. The molecule has 1 rings (SSSR count). The molecule has 6 heteroatoms. The van der Waals surface area contributed by atoms with Crippen LogP contribution in [0.5, 0.6) is 0 Å². The molecule has 1 aromatic rings. The average Bonchev–Trinajstić information content (AvgIpc) is 2.36. The number of amides is 2. The van der Waals surface area contributed by atoms with E-state index in [0.717, 1.165) is 5.56 Å². The number of thiol groups is 1. The highest BCUT2D eigenvalue weighted by Crippen LogP contribution is 2.20. The summed E-state index contributed by atoms with van der Waals surface area (Å²) < 4.78 is 0. The Kier molecular flexibility index (Phi) is 5.67. The van der Waals surface area contributed by atoms with Gasteiger partial charge in [-0.15, -0.1) is 0 Å². The predicted molar refractivity (Wildman–Crippen MR) is 71.7 cm³/mol. The van der Waals surface area contributed by atoms with Crippen molar-refractivity contribution < 1.29 is 14.8 Å². The zero-order valence-corrected chi connectivity index (χ0v) is 10.8. The fraction of sp³-hybridized carbons (Fsp3) is 0.333. The molecule has 0 aliphatic heterocycles. The standard InChI is InChI=1S/C12H16N2O3S/c13-11(15)5-6-12(16)14(17)10-4-2-1-3-9(10)7-8-18/h1-4,17-18H,5-8H2,(H2,13,15). The van der Waals surface area contributed by atoms with Crippen LogP contribution in [0.25, 0.3) is 0 Å². The lowest BCUT2D eigenvalue weighted by atomic mass is 10.1. The highest BCUT2D eigenvalue weighted by atomic mass is 32.1. The number of hydrogen-bond donors (Lipinski definition) is 3. The lowest BCUT2D eigenvalue weighted by Gasteiger charge is -2.18. The lowest BCUT2D eigenvalue weighted by molar-refractivity contribution is -0.126. The number of rotatable bonds is 6. The van der Waals surface area contributed by atoms with Gasteiger partial charge in [0.2, 0.25) is 5.91 Å². The van der Waals surface area contributed by atoms with Crippen molar-refractivity contribution in [1.29, 1.82) is 0 Å². The fourth-order valence-electron chi connectivity index (χ4n) is 1.52. The van der Waals surface area contributed by atoms with Gasteiger partial charge in [0.15, 0.2) is 0 Å². The second kappa shape index (κ2) is 7.03. The third-order valence-electron chi connectivity index (χ3n) is 2.42. The van der Waals surface area contributed by atoms with Gasteiger partial charge in [-0.05, 0) is 23.8 Å². The van der Waals surface area contributed by atoms with Crippen molar-refractivity contribution in [2.24, 2.45) is 5.73 Å². The van der Waals surface area contributed by atoms with Crippen LogP contribution in [-0.2, 0) is 16.0 Å². The molecule has 98 valence electrons. The maximum atomic E-state index is 11.7. The van der Waals surface area contributed by atoms with Crippen LogP contribution in [0.1, 0.15) is 18.4 Å². The van der Waals surface area contributed by atoms with E-state index in [4.69, 9.17) is 5.73 Å². The highest BCUT2D eigenvalue weighted by Gasteiger charge is 2.16. The number of benzene rings is 1. The number of hydroxylamine groups is 1. The van der Waals surface area contributed by atoms with Crippen LogP contribution in [0.3, 0.4) is 0 Å². The third-order valence-corrected chi connectivity index (χ3v) is 2.65. The molecule has 1 aromatic carbocycles. The molecule has 0 spiro atoms. The first-order valence-electron chi connectivity index (χ1n) is 5.55. The van der Waals surface area contributed by atoms with E-state index in [1.807, 2.05) is 12.1 Å². The average molecular weight is 268 g/mol. The first-order chi connectivity index (χ1) is 8.56. The summed E-state index contributed by atoms with van der Waals surface area (Å²) in [6.07, 6.45) is 0.450. The Morgan fingerprint density at radius 2 is 1.94 bits per heavy atom. The Hall–Kier alpha value is -1.53. The summed E-state index contributed by atoms with van der Waals surface area (Å²) in [5.74, 6) is -0.513. The van der Waals surface area contributed by atoms with E-state index in [2.05, 4.69) is 12.6 Å². The molecular weight excluding hydrogens is 252 g/mol. The largest absolute Gasteiger partial charge is 0.370 e. The predicted octanol–water partition coefficient (Wildman–Crippen LogP) is 1.15. The SMILES string of the molecule is NC(=O)CCC(=O)N(O)c1ccccc1CCS. The molecular formula is C12H16N2O3S. The minimum atomic E-state index is -0.569. The van der Waals surface area contributed by atoms with Gasteiger partial charge < -0.3 is 5.73 Å². The van der Waals surface area contributed by atoms with Crippen LogP contribution in [0.15, 0.2) is 24.3 Å². The van der Waals surface area contributed by atoms with Gasteiger partial charge in [-0.2, -0.15) is 17.7 Å². The molecule has 0 aliphatic rings. The summed E-state index contributed by atoms with van der Waals surface area (Å²) in [7, 11) is 0. The summed E-state index contributed by atoms with van der Waals surface area (Å²) in [5, 5.41) is 10.4. The topological polar surface area (TPSA) is 83.6 Å². The summed E-state index contributed by atoms with van der Waals surface area (Å²) in [6.45, 7) is 0. The molecule has 0 atom stereocenters. The van der Waals surface area contributed by atoms with Crippen molar-refractivity contribution in [2.75, 3.05) is 10.8 Å². The quantitative estimate of drug-likeness (QED) is 0.411. The minimum Gasteiger partial charge on any atom is -0.370 e. The number of anilines is 1. The molecule has 0 bridgehead atoms. The Balaban J connectivity index is 2.79. The Labute approximate surface area is 111 Å². The van der Waals surface area contributed by atoms with Gasteiger partial charge in [0, 0.05) is 12.8 Å². The highest BCUT2D eigenvalue weighted by molar-refractivity contribution is 7.80. The summed E-state index contributed by atoms with van der Waals surface area (Å²) in [4.78, 5) is 22.2. The van der Waals surface area contributed by atoms with Crippen molar-refractivity contribution >= 4 is 30.1 Å². The van der Waals surface area contributed by atoms with Crippen molar-refractivity contribution in [1.82, 2.24) is 0 Å². The normalized spacial score (nSPS) is 10.1. The van der Waals surface area contributed by atoms with E-state index in [9.17, 15) is 14.8 Å². The van der Waals surface area contributed by atoms with Gasteiger partial charge in [-0.1, -0.05) is 18.2 Å². The summed E-state index contributed by atoms with van der Waals surface area (Å²) in [5.41, 5.74) is 6.20. The van der Waals surface area contributed by atoms with Crippen LogP contribution in [0.2, 0.25) is 0 Å². The fourth-order valence-corrected chi connectivity index (χ4v) is 1.76. The molecule has 0 radical (unpaired) electrons. The molecule has 0 saturated carbocycles. The van der Waals surface area contributed by atoms with Gasteiger partial charge in [-0.25, -0.2) is 0 Å². The van der Waals surface area contributed by atoms with Crippen molar-refractivity contribution in [3.8, 4) is 0 Å². The molecule has 18 heavy (non-hydrogen) atoms. The number of nitrogens with two attached hydrogens (primary N) is 1. The smallest absolute Gasteiger partial charge is 0.251 e. The first kappa shape index (κ1) is 14.5. The van der Waals surface area contributed by atoms with E-state index >= 15 is 0 Å². The number of aryl methyl sites for hydroxylation is 1. The molecule has 0 heterocycles. The van der Waals surface area contributed by atoms with E-state index in [1.54, 1.807) is 12.1 Å². The number of hydrogen-bond acceptors (Lipinski definition) is 4. The minimum absolute atomic E-state index is 0.0787. The number of primary amides is 1. The van der Waals surface area contributed by atoms with Crippen molar-refractivity contribution in [3.63, 3.8) is 0 Å². The number of para-hydroxylation sites is 1. The van der Waals surface area contributed by atoms with Gasteiger partial charge in [-0.3, -0.25) is 14.8 Å². The molecule has 0 aromatic heterocycles. The second-order valence-electron chi connectivity index (χ2n) is 3.77. The third kappa shape index (κ3) is 4.05. The zero-order valence-electron chi connectivity index (χ0n) is 9.87. The van der Waals surface area contributed by atoms with Crippen molar-refractivity contribution in [2.45, 2.75) is 19.3 Å². The lowest BCUT2D eigenvalue weighted by Crippen LogP contribution is -2.29. The van der Waals surface area contributed by atoms with Crippen molar-refractivity contribution in [3.05, 3.63) is 29.8 Å². The number of carbonyl (C=O) groups is 2. The number of nitrogens with zero attached hydrogens (tertiary/aromatic N) is 1. The molecule has 2 amide bonds. The number of carbonyl (C=O) groups excluding carboxylic acids is 2. The van der Waals surface area contributed by atoms with E-state index in [-0.39, 0.29) is 12.8 Å². The molecule has 0 aliphatic carbocycles. The van der Waals surface area contributed by atoms with Gasteiger partial charge in [0.05, 0.1) is 5.69 Å². The van der Waals surface area contributed by atoms with Gasteiger partial charge >= 0.3 is 0 Å². The summed E-state index contributed by atoms with van der Waals surface area (Å²) in [6, 6.07) is 7.00. The monoisotopic (exact) mass is 268 g/mol. The van der Waals surface area contributed by atoms with E-state index in [1.165, 1.54) is 0 Å². The first-order valence-corrected chi connectivity index (χ1v) is 6.18. The molecule has 0 fully saturated rings. The molecule has 0 saturated heterocycles. The Bertz CT molecular complexity index is 437. The van der Waals surface area contributed by atoms with E-state index < -0.39 is 11.8 Å². The van der Waals surface area contributed by atoms with Gasteiger partial charge in [0.25, 0.3) is 5.91 Å². The van der Waals surface area contributed by atoms with Gasteiger partial charge in [0.1, 0.15) is 0 Å². The maximum absolute atomic E-state index is 11.7. The molecule has 5 nitrogen and oxygen atoms in total. The maximum Gasteiger partial charge on any atom is 0.251 e. The summed E-state index contributed by atoms with van der Waals surface area (Å²) >= 11 is 4.12. The molecule has 3 N–H and O–H groups in total. The van der Waals surface area contributed by atoms with Crippen LogP contribution in [0, 0.1) is 0 Å². The molecule has 0 unspecified atom stereocenters. The van der Waals surface area contributed by atoms with Crippen LogP contribution >= 0.6 is 12.6 Å².